The number of hydrogen-bond donors (Lipinski definition) is 2. The maximum absolute atomic E-state index is 11.8. The molecular weight excluding hydrogens is 276 g/mol. The predicted octanol–water partition coefficient (Wildman–Crippen LogP) is 3.46. The first-order chi connectivity index (χ1) is 9.65. The molecule has 0 unspecified atom stereocenters. The number of ether oxygens (including phenoxy) is 1. The molecule has 1 aromatic carbocycles. The van der Waals surface area contributed by atoms with Crippen LogP contribution in [-0.2, 0) is 9.53 Å². The molecule has 0 aromatic heterocycles. The van der Waals surface area contributed by atoms with Gasteiger partial charge in [0.15, 0.2) is 0 Å². The van der Waals surface area contributed by atoms with Crippen LogP contribution < -0.4 is 11.1 Å². The lowest BCUT2D eigenvalue weighted by molar-refractivity contribution is -0.117. The van der Waals surface area contributed by atoms with E-state index in [1.165, 1.54) is 19.3 Å². The second-order valence-corrected chi connectivity index (χ2v) is 5.66. The van der Waals surface area contributed by atoms with Gasteiger partial charge in [-0.05, 0) is 30.5 Å². The minimum atomic E-state index is -0.109. The number of carbonyl (C=O) groups excluding carboxylic acids is 1. The summed E-state index contributed by atoms with van der Waals surface area (Å²) in [5, 5.41) is 3.29. The lowest BCUT2D eigenvalue weighted by Crippen LogP contribution is -2.17. The Kier molecular flexibility index (Phi) is 5.68. The summed E-state index contributed by atoms with van der Waals surface area (Å²) >= 11 is 5.86. The molecule has 3 N–H and O–H groups in total. The van der Waals surface area contributed by atoms with E-state index in [1.807, 2.05) is 0 Å². The summed E-state index contributed by atoms with van der Waals surface area (Å²) in [4.78, 5) is 11.8. The monoisotopic (exact) mass is 296 g/mol. The Morgan fingerprint density at radius 1 is 1.40 bits per heavy atom. The number of nitrogens with two attached hydrogens (primary N) is 1. The van der Waals surface area contributed by atoms with Gasteiger partial charge >= 0.3 is 0 Å². The van der Waals surface area contributed by atoms with Crippen molar-refractivity contribution in [3.05, 3.63) is 23.2 Å². The molecular formula is C15H21ClN2O2. The third kappa shape index (κ3) is 4.69. The molecule has 2 rings (SSSR count). The highest BCUT2D eigenvalue weighted by Crippen LogP contribution is 2.29. The van der Waals surface area contributed by atoms with Gasteiger partial charge in [0.25, 0.3) is 0 Å². The van der Waals surface area contributed by atoms with E-state index in [-0.39, 0.29) is 5.91 Å². The lowest BCUT2D eigenvalue weighted by Gasteiger charge is -2.24. The molecule has 1 aliphatic rings. The Hall–Kier alpha value is -1.26. The van der Waals surface area contributed by atoms with Crippen LogP contribution >= 0.6 is 11.6 Å². The van der Waals surface area contributed by atoms with Crippen LogP contribution in [0.5, 0.6) is 0 Å². The zero-order chi connectivity index (χ0) is 14.4. The molecule has 0 aliphatic heterocycles. The molecule has 0 atom stereocenters. The summed E-state index contributed by atoms with van der Waals surface area (Å²) in [6.07, 6.45) is 5.46. The number of halogens is 1. The highest BCUT2D eigenvalue weighted by Gasteiger charge is 2.16. The summed E-state index contributed by atoms with van der Waals surface area (Å²) in [6.45, 7) is 1.19. The van der Waals surface area contributed by atoms with E-state index >= 15 is 0 Å². The SMILES string of the molecule is Nc1ccc(Cl)cc1NC(=O)CCOCCC1CCC1. The number of nitrogen functional groups attached to an aromatic ring is 1. The van der Waals surface area contributed by atoms with E-state index in [1.54, 1.807) is 18.2 Å². The summed E-state index contributed by atoms with van der Waals surface area (Å²) in [5.41, 5.74) is 6.83. The van der Waals surface area contributed by atoms with Crippen molar-refractivity contribution in [3.8, 4) is 0 Å². The molecule has 1 saturated carbocycles. The average molecular weight is 297 g/mol. The molecule has 110 valence electrons. The molecule has 4 nitrogen and oxygen atoms in total. The number of anilines is 2. The molecule has 20 heavy (non-hydrogen) atoms. The highest BCUT2D eigenvalue weighted by atomic mass is 35.5. The molecule has 1 amide bonds. The molecule has 0 radical (unpaired) electrons. The maximum atomic E-state index is 11.8. The zero-order valence-corrected chi connectivity index (χ0v) is 12.3. The third-order valence-corrected chi connectivity index (χ3v) is 3.89. The summed E-state index contributed by atoms with van der Waals surface area (Å²) in [6, 6.07) is 5.01. The van der Waals surface area contributed by atoms with E-state index in [2.05, 4.69) is 5.32 Å². The normalized spacial score (nSPS) is 14.8. The van der Waals surface area contributed by atoms with Crippen LogP contribution in [0.25, 0.3) is 0 Å². The smallest absolute Gasteiger partial charge is 0.226 e. The summed E-state index contributed by atoms with van der Waals surface area (Å²) in [7, 11) is 0. The van der Waals surface area contributed by atoms with Crippen molar-refractivity contribution in [3.63, 3.8) is 0 Å². The molecule has 1 fully saturated rings. The lowest BCUT2D eigenvalue weighted by atomic mass is 9.83. The molecule has 0 spiro atoms. The number of nitrogens with one attached hydrogen (secondary N) is 1. The molecule has 0 bridgehead atoms. The van der Waals surface area contributed by atoms with Crippen molar-refractivity contribution in [2.24, 2.45) is 5.92 Å². The molecule has 1 aromatic rings. The fraction of sp³-hybridized carbons (Fsp3) is 0.533. The van der Waals surface area contributed by atoms with Crippen LogP contribution in [0.3, 0.4) is 0 Å². The minimum Gasteiger partial charge on any atom is -0.397 e. The number of amides is 1. The Balaban J connectivity index is 1.63. The number of hydrogen-bond acceptors (Lipinski definition) is 3. The van der Waals surface area contributed by atoms with Gasteiger partial charge in [-0.3, -0.25) is 4.79 Å². The largest absolute Gasteiger partial charge is 0.397 e. The van der Waals surface area contributed by atoms with E-state index in [0.29, 0.717) is 29.4 Å². The van der Waals surface area contributed by atoms with E-state index in [0.717, 1.165) is 18.9 Å². The number of benzene rings is 1. The van der Waals surface area contributed by atoms with Crippen molar-refractivity contribution in [2.75, 3.05) is 24.3 Å². The van der Waals surface area contributed by atoms with E-state index in [9.17, 15) is 4.79 Å². The van der Waals surface area contributed by atoms with Crippen molar-refractivity contribution in [2.45, 2.75) is 32.1 Å². The molecule has 5 heteroatoms. The summed E-state index contributed by atoms with van der Waals surface area (Å²) < 4.78 is 5.48. The van der Waals surface area contributed by atoms with Crippen molar-refractivity contribution in [1.29, 1.82) is 0 Å². The molecule has 0 saturated heterocycles. The number of rotatable bonds is 7. The van der Waals surface area contributed by atoms with Crippen LogP contribution in [0.2, 0.25) is 5.02 Å². The molecule has 1 aliphatic carbocycles. The van der Waals surface area contributed by atoms with E-state index < -0.39 is 0 Å². The third-order valence-electron chi connectivity index (χ3n) is 3.66. The standard InChI is InChI=1S/C15H21ClN2O2/c16-12-4-5-13(17)14(10-12)18-15(19)7-9-20-8-6-11-2-1-3-11/h4-5,10-11H,1-3,6-9,17H2,(H,18,19). The quantitative estimate of drug-likeness (QED) is 0.598. The van der Waals surface area contributed by atoms with Gasteiger partial charge in [0.1, 0.15) is 0 Å². The first-order valence-corrected chi connectivity index (χ1v) is 7.45. The van der Waals surface area contributed by atoms with Gasteiger partial charge in [0.05, 0.1) is 24.4 Å². The maximum Gasteiger partial charge on any atom is 0.226 e. The second-order valence-electron chi connectivity index (χ2n) is 5.23. The van der Waals surface area contributed by atoms with Gasteiger partial charge in [-0.25, -0.2) is 0 Å². The average Bonchev–Trinajstić information content (AvgIpc) is 2.36. The topological polar surface area (TPSA) is 64.3 Å². The predicted molar refractivity (Wildman–Crippen MR) is 81.9 cm³/mol. The van der Waals surface area contributed by atoms with Crippen LogP contribution in [0, 0.1) is 5.92 Å². The second kappa shape index (κ2) is 7.50. The summed E-state index contributed by atoms with van der Waals surface area (Å²) in [5.74, 6) is 0.734. The highest BCUT2D eigenvalue weighted by molar-refractivity contribution is 6.31. The minimum absolute atomic E-state index is 0.109. The van der Waals surface area contributed by atoms with Gasteiger partial charge in [-0.15, -0.1) is 0 Å². The van der Waals surface area contributed by atoms with Crippen LogP contribution in [0.1, 0.15) is 32.1 Å². The Bertz CT molecular complexity index is 461. The first-order valence-electron chi connectivity index (χ1n) is 7.08. The zero-order valence-electron chi connectivity index (χ0n) is 11.5. The number of carbonyl (C=O) groups is 1. The fourth-order valence-corrected chi connectivity index (χ4v) is 2.32. The van der Waals surface area contributed by atoms with Gasteiger partial charge < -0.3 is 15.8 Å². The van der Waals surface area contributed by atoms with Crippen molar-refractivity contribution >= 4 is 28.9 Å². The Morgan fingerprint density at radius 3 is 2.90 bits per heavy atom. The molecule has 0 heterocycles. The first kappa shape index (κ1) is 15.1. The van der Waals surface area contributed by atoms with Crippen molar-refractivity contribution in [1.82, 2.24) is 0 Å². The van der Waals surface area contributed by atoms with E-state index in [4.69, 9.17) is 22.1 Å². The Morgan fingerprint density at radius 2 is 2.20 bits per heavy atom. The van der Waals surface area contributed by atoms with Crippen molar-refractivity contribution < 1.29 is 9.53 Å². The Labute approximate surface area is 124 Å². The van der Waals surface area contributed by atoms with Gasteiger partial charge in [-0.1, -0.05) is 30.9 Å². The van der Waals surface area contributed by atoms with Crippen LogP contribution in [-0.4, -0.2) is 19.1 Å². The van der Waals surface area contributed by atoms with Gasteiger partial charge in [0, 0.05) is 11.6 Å². The fourth-order valence-electron chi connectivity index (χ4n) is 2.15. The van der Waals surface area contributed by atoms with Crippen LogP contribution in [0.4, 0.5) is 11.4 Å². The van der Waals surface area contributed by atoms with Gasteiger partial charge in [0.2, 0.25) is 5.91 Å². The van der Waals surface area contributed by atoms with Gasteiger partial charge in [-0.2, -0.15) is 0 Å². The van der Waals surface area contributed by atoms with Crippen LogP contribution in [0.15, 0.2) is 18.2 Å².